The lowest BCUT2D eigenvalue weighted by Gasteiger charge is -2.12. The zero-order valence-corrected chi connectivity index (χ0v) is 14.9. The number of hydrogen-bond acceptors (Lipinski definition) is 4. The largest absolute Gasteiger partial charge is 0.497 e. The summed E-state index contributed by atoms with van der Waals surface area (Å²) in [6.07, 6.45) is 0. The molecule has 3 N–H and O–H groups in total. The first-order valence-corrected chi connectivity index (χ1v) is 8.82. The van der Waals surface area contributed by atoms with Crippen LogP contribution < -0.4 is 15.2 Å². The molecule has 5 nitrogen and oxygen atoms in total. The zero-order valence-electron chi connectivity index (χ0n) is 10.9. The standard InChI is InChI=1S/C13H12Br2N2O3S/c1-20-9-3-5-13(11(16)7-9)21(18,19)17-12-6-8(14)2-4-10(12)15/h2-7,17H,16H2,1H3. The molecule has 0 atom stereocenters. The smallest absolute Gasteiger partial charge is 0.263 e. The third-order valence-electron chi connectivity index (χ3n) is 2.68. The average molecular weight is 436 g/mol. The number of ether oxygens (including phenoxy) is 1. The van der Waals surface area contributed by atoms with E-state index in [1.165, 1.54) is 19.2 Å². The van der Waals surface area contributed by atoms with Gasteiger partial charge in [-0.25, -0.2) is 8.42 Å². The van der Waals surface area contributed by atoms with Crippen LogP contribution >= 0.6 is 31.9 Å². The summed E-state index contributed by atoms with van der Waals surface area (Å²) in [6, 6.07) is 9.60. The predicted molar refractivity (Wildman–Crippen MR) is 90.1 cm³/mol. The molecule has 0 bridgehead atoms. The van der Waals surface area contributed by atoms with Gasteiger partial charge in [-0.2, -0.15) is 0 Å². The van der Waals surface area contributed by atoms with E-state index < -0.39 is 10.0 Å². The van der Waals surface area contributed by atoms with Crippen LogP contribution in [-0.4, -0.2) is 15.5 Å². The van der Waals surface area contributed by atoms with E-state index in [2.05, 4.69) is 36.6 Å². The molecule has 0 unspecified atom stereocenters. The number of anilines is 2. The number of hydrogen-bond donors (Lipinski definition) is 2. The lowest BCUT2D eigenvalue weighted by Crippen LogP contribution is -2.15. The van der Waals surface area contributed by atoms with Gasteiger partial charge in [-0.1, -0.05) is 15.9 Å². The van der Waals surface area contributed by atoms with Crippen molar-refractivity contribution in [3.05, 3.63) is 45.3 Å². The monoisotopic (exact) mass is 434 g/mol. The number of nitrogen functional groups attached to an aromatic ring is 1. The number of rotatable bonds is 4. The van der Waals surface area contributed by atoms with Crippen LogP contribution in [0.25, 0.3) is 0 Å². The van der Waals surface area contributed by atoms with Gasteiger partial charge in [0.05, 0.1) is 18.5 Å². The van der Waals surface area contributed by atoms with Gasteiger partial charge >= 0.3 is 0 Å². The highest BCUT2D eigenvalue weighted by molar-refractivity contribution is 9.11. The molecule has 0 aliphatic heterocycles. The number of nitrogens with two attached hydrogens (primary N) is 1. The van der Waals surface area contributed by atoms with Crippen molar-refractivity contribution in [3.63, 3.8) is 0 Å². The first-order valence-electron chi connectivity index (χ1n) is 5.75. The van der Waals surface area contributed by atoms with Crippen LogP contribution in [0.4, 0.5) is 11.4 Å². The van der Waals surface area contributed by atoms with Crippen LogP contribution in [0.2, 0.25) is 0 Å². The highest BCUT2D eigenvalue weighted by Crippen LogP contribution is 2.30. The molecule has 0 radical (unpaired) electrons. The van der Waals surface area contributed by atoms with Crippen LogP contribution in [0.3, 0.4) is 0 Å². The fourth-order valence-corrected chi connectivity index (χ4v) is 3.70. The molecule has 2 aromatic rings. The van der Waals surface area contributed by atoms with Gasteiger partial charge in [0.1, 0.15) is 10.6 Å². The van der Waals surface area contributed by atoms with Gasteiger partial charge in [0.2, 0.25) is 0 Å². The van der Waals surface area contributed by atoms with Crippen molar-refractivity contribution >= 4 is 53.3 Å². The fraction of sp³-hybridized carbons (Fsp3) is 0.0769. The van der Waals surface area contributed by atoms with Gasteiger partial charge in [-0.15, -0.1) is 0 Å². The second kappa shape index (κ2) is 6.25. The summed E-state index contributed by atoms with van der Waals surface area (Å²) < 4.78 is 33.7. The van der Waals surface area contributed by atoms with Crippen LogP contribution in [0, 0.1) is 0 Å². The maximum atomic E-state index is 12.4. The highest BCUT2D eigenvalue weighted by Gasteiger charge is 2.19. The van der Waals surface area contributed by atoms with E-state index in [0.29, 0.717) is 15.9 Å². The lowest BCUT2D eigenvalue weighted by molar-refractivity contribution is 0.414. The molecule has 0 saturated carbocycles. The number of benzene rings is 2. The molecular formula is C13H12Br2N2O3S. The summed E-state index contributed by atoms with van der Waals surface area (Å²) in [5.74, 6) is 0.495. The SMILES string of the molecule is COc1ccc(S(=O)(=O)Nc2cc(Br)ccc2Br)c(N)c1. The normalized spacial score (nSPS) is 11.2. The van der Waals surface area contributed by atoms with Crippen molar-refractivity contribution in [2.24, 2.45) is 0 Å². The Morgan fingerprint density at radius 3 is 2.48 bits per heavy atom. The van der Waals surface area contributed by atoms with Crippen molar-refractivity contribution in [3.8, 4) is 5.75 Å². The molecule has 0 fully saturated rings. The molecule has 2 rings (SSSR count). The summed E-state index contributed by atoms with van der Waals surface area (Å²) in [5.41, 5.74) is 6.32. The first-order chi connectivity index (χ1) is 9.83. The molecular weight excluding hydrogens is 424 g/mol. The maximum absolute atomic E-state index is 12.4. The van der Waals surface area contributed by atoms with Gasteiger partial charge in [0.15, 0.2) is 0 Å². The topological polar surface area (TPSA) is 81.4 Å². The fourth-order valence-electron chi connectivity index (χ4n) is 1.67. The molecule has 21 heavy (non-hydrogen) atoms. The molecule has 0 heterocycles. The molecule has 0 amide bonds. The maximum Gasteiger partial charge on any atom is 0.263 e. The Morgan fingerprint density at radius 2 is 1.86 bits per heavy atom. The quantitative estimate of drug-likeness (QED) is 0.718. The first kappa shape index (κ1) is 16.1. The van der Waals surface area contributed by atoms with Gasteiger partial charge in [-0.05, 0) is 46.3 Å². The Hall–Kier alpha value is -1.25. The molecule has 0 saturated heterocycles. The predicted octanol–water partition coefficient (Wildman–Crippen LogP) is 3.60. The van der Waals surface area contributed by atoms with Crippen LogP contribution in [0.5, 0.6) is 5.75 Å². The number of methoxy groups -OCH3 is 1. The van der Waals surface area contributed by atoms with E-state index in [9.17, 15) is 8.42 Å². The summed E-state index contributed by atoms with van der Waals surface area (Å²) >= 11 is 6.59. The third-order valence-corrected chi connectivity index (χ3v) is 5.30. The van der Waals surface area contributed by atoms with E-state index in [1.807, 2.05) is 0 Å². The number of halogens is 2. The molecule has 0 spiro atoms. The van der Waals surface area contributed by atoms with E-state index in [4.69, 9.17) is 10.5 Å². The molecule has 112 valence electrons. The van der Waals surface area contributed by atoms with Crippen molar-refractivity contribution in [2.45, 2.75) is 4.90 Å². The molecule has 0 aliphatic carbocycles. The van der Waals surface area contributed by atoms with Gasteiger partial charge in [0.25, 0.3) is 10.0 Å². The molecule has 0 aromatic heterocycles. The van der Waals surface area contributed by atoms with Crippen molar-refractivity contribution in [1.82, 2.24) is 0 Å². The van der Waals surface area contributed by atoms with Crippen LogP contribution in [0.15, 0.2) is 50.2 Å². The van der Waals surface area contributed by atoms with E-state index in [0.717, 1.165) is 4.47 Å². The Balaban J connectivity index is 2.41. The molecule has 2 aromatic carbocycles. The minimum absolute atomic E-state index is 0.00447. The second-order valence-electron chi connectivity index (χ2n) is 4.13. The Labute approximate surface area is 139 Å². The minimum Gasteiger partial charge on any atom is -0.497 e. The van der Waals surface area contributed by atoms with Gasteiger partial charge in [0, 0.05) is 15.0 Å². The third kappa shape index (κ3) is 3.69. The van der Waals surface area contributed by atoms with Crippen LogP contribution in [0.1, 0.15) is 0 Å². The summed E-state index contributed by atoms with van der Waals surface area (Å²) in [4.78, 5) is -0.00447. The lowest BCUT2D eigenvalue weighted by atomic mass is 10.3. The highest BCUT2D eigenvalue weighted by atomic mass is 79.9. The van der Waals surface area contributed by atoms with Gasteiger partial charge in [-0.3, -0.25) is 4.72 Å². The summed E-state index contributed by atoms with van der Waals surface area (Å²) in [6.45, 7) is 0. The average Bonchev–Trinajstić information content (AvgIpc) is 2.42. The summed E-state index contributed by atoms with van der Waals surface area (Å²) in [7, 11) is -2.30. The van der Waals surface area contributed by atoms with E-state index >= 15 is 0 Å². The number of sulfonamides is 1. The van der Waals surface area contributed by atoms with Gasteiger partial charge < -0.3 is 10.5 Å². The zero-order chi connectivity index (χ0) is 15.6. The summed E-state index contributed by atoms with van der Waals surface area (Å²) in [5, 5.41) is 0. The Bertz CT molecular complexity index is 779. The minimum atomic E-state index is -3.79. The van der Waals surface area contributed by atoms with Crippen molar-refractivity contribution < 1.29 is 13.2 Å². The van der Waals surface area contributed by atoms with Crippen molar-refractivity contribution in [2.75, 3.05) is 17.6 Å². The van der Waals surface area contributed by atoms with E-state index in [-0.39, 0.29) is 10.6 Å². The van der Waals surface area contributed by atoms with E-state index in [1.54, 1.807) is 24.3 Å². The number of nitrogens with one attached hydrogen (secondary N) is 1. The van der Waals surface area contributed by atoms with Crippen molar-refractivity contribution in [1.29, 1.82) is 0 Å². The Kier molecular flexibility index (Phi) is 4.80. The van der Waals surface area contributed by atoms with Crippen LogP contribution in [-0.2, 0) is 10.0 Å². The second-order valence-corrected chi connectivity index (χ2v) is 7.55. The molecule has 8 heteroatoms. The molecule has 0 aliphatic rings. The Morgan fingerprint density at radius 1 is 1.14 bits per heavy atom.